The molecule has 0 atom stereocenters. The Hall–Kier alpha value is -2.85. The van der Waals surface area contributed by atoms with Gasteiger partial charge in [-0.15, -0.1) is 0 Å². The van der Waals surface area contributed by atoms with Crippen LogP contribution >= 0.6 is 11.6 Å². The van der Waals surface area contributed by atoms with Crippen LogP contribution in [-0.2, 0) is 11.2 Å². The van der Waals surface area contributed by atoms with Crippen molar-refractivity contribution in [1.29, 1.82) is 0 Å². The molecule has 0 aliphatic heterocycles. The fourth-order valence-electron chi connectivity index (χ4n) is 5.42. The highest BCUT2D eigenvalue weighted by molar-refractivity contribution is 6.31. The molecule has 0 amide bonds. The third-order valence-corrected chi connectivity index (χ3v) is 7.98. The Bertz CT molecular complexity index is 1290. The molecule has 1 saturated carbocycles. The van der Waals surface area contributed by atoms with Crippen LogP contribution in [0.2, 0.25) is 5.02 Å². The van der Waals surface area contributed by atoms with Gasteiger partial charge in [0, 0.05) is 28.7 Å². The molecule has 0 bridgehead atoms. The van der Waals surface area contributed by atoms with Crippen LogP contribution in [0.4, 0.5) is 15.8 Å². The number of halogens is 2. The van der Waals surface area contributed by atoms with Gasteiger partial charge in [0.05, 0.1) is 12.1 Å². The molecule has 5 heteroatoms. The van der Waals surface area contributed by atoms with Gasteiger partial charge in [-0.1, -0.05) is 50.6 Å². The van der Waals surface area contributed by atoms with Gasteiger partial charge in [-0.05, 0) is 97.2 Å². The number of ketones is 1. The fourth-order valence-corrected chi connectivity index (χ4v) is 5.60. The summed E-state index contributed by atoms with van der Waals surface area (Å²) in [4.78, 5) is 12.9. The van der Waals surface area contributed by atoms with Gasteiger partial charge in [0.15, 0.2) is 5.78 Å². The van der Waals surface area contributed by atoms with Gasteiger partial charge in [0.25, 0.3) is 0 Å². The van der Waals surface area contributed by atoms with Crippen LogP contribution in [0.1, 0.15) is 58.4 Å². The summed E-state index contributed by atoms with van der Waals surface area (Å²) in [6.45, 7) is 7.03. The Labute approximate surface area is 225 Å². The Morgan fingerprint density at radius 3 is 2.54 bits per heavy atom. The minimum Gasteiger partial charge on any atom is -0.496 e. The van der Waals surface area contributed by atoms with Crippen LogP contribution < -0.4 is 10.1 Å². The van der Waals surface area contributed by atoms with Crippen LogP contribution in [0.15, 0.2) is 60.7 Å². The Balaban J connectivity index is 1.45. The molecule has 0 aromatic heterocycles. The second kappa shape index (κ2) is 11.7. The van der Waals surface area contributed by atoms with E-state index in [1.54, 1.807) is 25.3 Å². The predicted molar refractivity (Wildman–Crippen MR) is 153 cm³/mol. The summed E-state index contributed by atoms with van der Waals surface area (Å²) in [5.41, 5.74) is 2.75. The first-order valence-corrected chi connectivity index (χ1v) is 13.5. The minimum absolute atomic E-state index is 0.0622. The molecule has 0 unspecified atom stereocenters. The van der Waals surface area contributed by atoms with Gasteiger partial charge in [-0.3, -0.25) is 4.79 Å². The average molecular weight is 522 g/mol. The molecular weight excluding hydrogens is 485 g/mol. The zero-order valence-corrected chi connectivity index (χ0v) is 23.0. The molecule has 0 spiro atoms. The first-order valence-electron chi connectivity index (χ1n) is 13.1. The number of allylic oxidation sites excluding steroid dienone is 2. The van der Waals surface area contributed by atoms with E-state index in [4.69, 9.17) is 16.3 Å². The van der Waals surface area contributed by atoms with Crippen molar-refractivity contribution >= 4 is 39.5 Å². The lowest BCUT2D eigenvalue weighted by Gasteiger charge is -2.36. The van der Waals surface area contributed by atoms with Crippen molar-refractivity contribution in [2.75, 3.05) is 12.4 Å². The van der Waals surface area contributed by atoms with E-state index in [0.29, 0.717) is 22.8 Å². The zero-order valence-electron chi connectivity index (χ0n) is 22.2. The van der Waals surface area contributed by atoms with Crippen molar-refractivity contribution < 1.29 is 13.9 Å². The maximum absolute atomic E-state index is 13.6. The van der Waals surface area contributed by atoms with E-state index in [9.17, 15) is 9.18 Å². The highest BCUT2D eigenvalue weighted by Crippen LogP contribution is 2.40. The van der Waals surface area contributed by atoms with E-state index in [-0.39, 0.29) is 17.2 Å². The SMILES string of the molecule is COc1cc2cccc(Nc3ccc(F)c(Cl)c3)c2cc1CC(=O)/C=C/CC1CCC(C(C)(C)C)CC1. The highest BCUT2D eigenvalue weighted by Gasteiger charge is 2.29. The molecule has 1 aliphatic carbocycles. The molecule has 0 heterocycles. The van der Waals surface area contributed by atoms with Gasteiger partial charge in [0.1, 0.15) is 11.6 Å². The minimum atomic E-state index is -0.457. The lowest BCUT2D eigenvalue weighted by atomic mass is 9.69. The normalized spacial score (nSPS) is 18.3. The number of anilines is 2. The lowest BCUT2D eigenvalue weighted by molar-refractivity contribution is -0.114. The quantitative estimate of drug-likeness (QED) is 0.300. The molecule has 1 aliphatic rings. The Morgan fingerprint density at radius 2 is 1.86 bits per heavy atom. The summed E-state index contributed by atoms with van der Waals surface area (Å²) in [5.74, 6) is 1.77. The third-order valence-electron chi connectivity index (χ3n) is 7.69. The second-order valence-corrected chi connectivity index (χ2v) is 11.7. The van der Waals surface area contributed by atoms with Crippen molar-refractivity contribution in [3.05, 3.63) is 77.1 Å². The number of ether oxygens (including phenoxy) is 1. The molecule has 1 fully saturated rings. The number of carbonyl (C=O) groups excluding carboxylic acids is 1. The number of carbonyl (C=O) groups is 1. The van der Waals surface area contributed by atoms with Crippen LogP contribution in [0, 0.1) is 23.1 Å². The largest absolute Gasteiger partial charge is 0.496 e. The zero-order chi connectivity index (χ0) is 26.6. The summed E-state index contributed by atoms with van der Waals surface area (Å²) in [6.07, 6.45) is 10.1. The summed E-state index contributed by atoms with van der Waals surface area (Å²) in [5, 5.41) is 5.32. The number of fused-ring (bicyclic) bond motifs is 1. The van der Waals surface area contributed by atoms with Gasteiger partial charge < -0.3 is 10.1 Å². The molecule has 3 aromatic carbocycles. The topological polar surface area (TPSA) is 38.3 Å². The summed E-state index contributed by atoms with van der Waals surface area (Å²) >= 11 is 5.96. The monoisotopic (exact) mass is 521 g/mol. The lowest BCUT2D eigenvalue weighted by Crippen LogP contribution is -2.25. The van der Waals surface area contributed by atoms with Crippen LogP contribution in [0.3, 0.4) is 0 Å². The molecule has 3 aromatic rings. The Morgan fingerprint density at radius 1 is 1.11 bits per heavy atom. The Kier molecular flexibility index (Phi) is 8.59. The first kappa shape index (κ1) is 27.2. The maximum Gasteiger partial charge on any atom is 0.159 e. The van der Waals surface area contributed by atoms with Crippen LogP contribution in [0.5, 0.6) is 5.75 Å². The van der Waals surface area contributed by atoms with E-state index < -0.39 is 5.82 Å². The van der Waals surface area contributed by atoms with E-state index in [1.807, 2.05) is 30.3 Å². The molecule has 3 nitrogen and oxygen atoms in total. The van der Waals surface area contributed by atoms with E-state index >= 15 is 0 Å². The van der Waals surface area contributed by atoms with Crippen molar-refractivity contribution in [3.8, 4) is 5.75 Å². The van der Waals surface area contributed by atoms with Gasteiger partial charge in [-0.2, -0.15) is 0 Å². The molecule has 37 heavy (non-hydrogen) atoms. The highest BCUT2D eigenvalue weighted by atomic mass is 35.5. The van der Waals surface area contributed by atoms with E-state index in [2.05, 4.69) is 32.2 Å². The number of nitrogens with one attached hydrogen (secondary N) is 1. The first-order chi connectivity index (χ1) is 17.6. The number of methoxy groups -OCH3 is 1. The van der Waals surface area contributed by atoms with Crippen LogP contribution in [-0.4, -0.2) is 12.9 Å². The molecule has 196 valence electrons. The van der Waals surface area contributed by atoms with Crippen LogP contribution in [0.25, 0.3) is 10.8 Å². The smallest absolute Gasteiger partial charge is 0.159 e. The summed E-state index contributed by atoms with van der Waals surface area (Å²) < 4.78 is 19.2. The number of hydrogen-bond acceptors (Lipinski definition) is 3. The van der Waals surface area contributed by atoms with Crippen molar-refractivity contribution in [2.24, 2.45) is 17.3 Å². The summed E-state index contributed by atoms with van der Waals surface area (Å²) in [7, 11) is 1.63. The predicted octanol–water partition coefficient (Wildman–Crippen LogP) is 9.29. The van der Waals surface area contributed by atoms with Crippen molar-refractivity contribution in [2.45, 2.75) is 59.3 Å². The number of hydrogen-bond donors (Lipinski definition) is 1. The third kappa shape index (κ3) is 6.93. The van der Waals surface area contributed by atoms with Crippen molar-refractivity contribution in [3.63, 3.8) is 0 Å². The molecule has 0 saturated heterocycles. The van der Waals surface area contributed by atoms with Crippen molar-refractivity contribution in [1.82, 2.24) is 0 Å². The van der Waals surface area contributed by atoms with E-state index in [0.717, 1.165) is 34.4 Å². The number of rotatable bonds is 8. The molecule has 1 N–H and O–H groups in total. The maximum atomic E-state index is 13.6. The molecule has 0 radical (unpaired) electrons. The summed E-state index contributed by atoms with van der Waals surface area (Å²) in [6, 6.07) is 14.4. The standard InChI is InChI=1S/C32H37ClFNO2/c1-32(2,3)24-13-11-21(12-14-24)7-5-9-26(36)17-23-18-27-22(19-31(23)37-4)8-6-10-30(27)35-25-15-16-29(34)28(33)20-25/h5-6,8-10,15-16,18-21,24,35H,7,11-14,17H2,1-4H3/b9-5+. The average Bonchev–Trinajstić information content (AvgIpc) is 2.86. The molecular formula is C32H37ClFNO2. The van der Waals surface area contributed by atoms with Gasteiger partial charge >= 0.3 is 0 Å². The fraction of sp³-hybridized carbons (Fsp3) is 0.406. The van der Waals surface area contributed by atoms with Gasteiger partial charge in [-0.25, -0.2) is 4.39 Å². The second-order valence-electron chi connectivity index (χ2n) is 11.3. The van der Waals surface area contributed by atoms with E-state index in [1.165, 1.54) is 31.7 Å². The number of benzene rings is 3. The molecule has 4 rings (SSSR count). The van der Waals surface area contributed by atoms with Gasteiger partial charge in [0.2, 0.25) is 0 Å².